The minimum absolute atomic E-state index is 0.183. The first-order valence-corrected chi connectivity index (χ1v) is 7.83. The van der Waals surface area contributed by atoms with Crippen LogP contribution in [0.2, 0.25) is 0 Å². The van der Waals surface area contributed by atoms with Crippen molar-refractivity contribution in [1.29, 1.82) is 0 Å². The number of anilines is 1. The summed E-state index contributed by atoms with van der Waals surface area (Å²) in [7, 11) is -2.25. The topological polar surface area (TPSA) is 72.6 Å². The first kappa shape index (κ1) is 15.2. The summed E-state index contributed by atoms with van der Waals surface area (Å²) < 4.78 is 45.3. The number of hydrogen-bond acceptors (Lipinski definition) is 4. The van der Waals surface area contributed by atoms with E-state index in [-0.39, 0.29) is 17.1 Å². The second kappa shape index (κ2) is 5.31. The molecule has 2 rings (SSSR count). The maximum absolute atomic E-state index is 13.5. The van der Waals surface area contributed by atoms with Gasteiger partial charge in [0.15, 0.2) is 0 Å². The van der Waals surface area contributed by atoms with Crippen LogP contribution in [0.25, 0.3) is 0 Å². The number of benzene rings is 1. The van der Waals surface area contributed by atoms with Gasteiger partial charge in [-0.1, -0.05) is 6.07 Å². The number of halogens is 1. The van der Waals surface area contributed by atoms with E-state index in [1.165, 1.54) is 16.4 Å². The van der Waals surface area contributed by atoms with Crippen molar-refractivity contribution >= 4 is 15.7 Å². The standard InChI is InChI=1S/C13H19FN2O3S/c1-13(19-2)7-4-8-16(9-13)20(17,18)11-6-3-5-10(14)12(11)15/h3,5-6H,4,7-9,15H2,1-2H3. The molecule has 0 aromatic heterocycles. The smallest absolute Gasteiger partial charge is 0.245 e. The molecule has 0 radical (unpaired) electrons. The van der Waals surface area contributed by atoms with Gasteiger partial charge in [0.2, 0.25) is 10.0 Å². The van der Waals surface area contributed by atoms with Crippen molar-refractivity contribution in [3.05, 3.63) is 24.0 Å². The zero-order chi connectivity index (χ0) is 15.0. The largest absolute Gasteiger partial charge is 0.395 e. The van der Waals surface area contributed by atoms with E-state index in [1.807, 2.05) is 6.92 Å². The predicted molar refractivity (Wildman–Crippen MR) is 74.2 cm³/mol. The lowest BCUT2D eigenvalue weighted by Crippen LogP contribution is -2.49. The molecule has 1 heterocycles. The Kier molecular flexibility index (Phi) is 4.04. The molecule has 2 N–H and O–H groups in total. The molecule has 1 aliphatic rings. The third-order valence-corrected chi connectivity index (χ3v) is 5.65. The summed E-state index contributed by atoms with van der Waals surface area (Å²) in [5.74, 6) is -0.724. The quantitative estimate of drug-likeness (QED) is 0.861. The van der Waals surface area contributed by atoms with Crippen LogP contribution in [0.3, 0.4) is 0 Å². The minimum atomic E-state index is -3.81. The maximum Gasteiger partial charge on any atom is 0.245 e. The van der Waals surface area contributed by atoms with Crippen molar-refractivity contribution in [2.24, 2.45) is 0 Å². The van der Waals surface area contributed by atoms with E-state index in [0.717, 1.165) is 12.5 Å². The van der Waals surface area contributed by atoms with Crippen LogP contribution in [-0.4, -0.2) is 38.5 Å². The Morgan fingerprint density at radius 3 is 2.80 bits per heavy atom. The molecule has 5 nitrogen and oxygen atoms in total. The van der Waals surface area contributed by atoms with Gasteiger partial charge in [-0.15, -0.1) is 0 Å². The molecule has 1 aromatic carbocycles. The molecule has 20 heavy (non-hydrogen) atoms. The third kappa shape index (κ3) is 2.65. The molecule has 1 aliphatic heterocycles. The van der Waals surface area contributed by atoms with E-state index < -0.39 is 21.4 Å². The summed E-state index contributed by atoms with van der Waals surface area (Å²) in [4.78, 5) is -0.183. The second-order valence-corrected chi connectivity index (χ2v) is 7.15. The fourth-order valence-corrected chi connectivity index (χ4v) is 4.13. The van der Waals surface area contributed by atoms with E-state index in [4.69, 9.17) is 10.5 Å². The van der Waals surface area contributed by atoms with E-state index in [2.05, 4.69) is 0 Å². The van der Waals surface area contributed by atoms with E-state index in [0.29, 0.717) is 13.0 Å². The fraction of sp³-hybridized carbons (Fsp3) is 0.538. The molecule has 0 bridgehead atoms. The van der Waals surface area contributed by atoms with E-state index in [1.54, 1.807) is 7.11 Å². The summed E-state index contributed by atoms with van der Waals surface area (Å²) in [6.07, 6.45) is 1.48. The Balaban J connectivity index is 2.38. The number of nitrogens with two attached hydrogens (primary N) is 1. The lowest BCUT2D eigenvalue weighted by atomic mass is 9.96. The van der Waals surface area contributed by atoms with Gasteiger partial charge < -0.3 is 10.5 Å². The third-order valence-electron chi connectivity index (χ3n) is 3.75. The highest BCUT2D eigenvalue weighted by molar-refractivity contribution is 7.89. The van der Waals surface area contributed by atoms with Gasteiger partial charge in [-0.3, -0.25) is 0 Å². The molecule has 0 saturated carbocycles. The van der Waals surface area contributed by atoms with Crippen LogP contribution in [-0.2, 0) is 14.8 Å². The zero-order valence-corrected chi connectivity index (χ0v) is 12.4. The van der Waals surface area contributed by atoms with Crippen molar-refractivity contribution in [2.45, 2.75) is 30.3 Å². The summed E-state index contributed by atoms with van der Waals surface area (Å²) in [6.45, 7) is 2.49. The maximum atomic E-state index is 13.5. The molecule has 1 saturated heterocycles. The van der Waals surface area contributed by atoms with Crippen molar-refractivity contribution < 1.29 is 17.5 Å². The molecular formula is C13H19FN2O3S. The van der Waals surface area contributed by atoms with Gasteiger partial charge in [0.1, 0.15) is 10.7 Å². The molecule has 1 fully saturated rings. The van der Waals surface area contributed by atoms with Crippen LogP contribution in [0.5, 0.6) is 0 Å². The molecule has 112 valence electrons. The van der Waals surface area contributed by atoms with Gasteiger partial charge in [-0.05, 0) is 31.9 Å². The SMILES string of the molecule is COC1(C)CCCN(S(=O)(=O)c2cccc(F)c2N)C1. The highest BCUT2D eigenvalue weighted by Gasteiger charge is 2.37. The Bertz CT molecular complexity index is 606. The van der Waals surface area contributed by atoms with Crippen molar-refractivity contribution in [3.63, 3.8) is 0 Å². The lowest BCUT2D eigenvalue weighted by molar-refractivity contribution is -0.0319. The molecule has 0 amide bonds. The van der Waals surface area contributed by atoms with Gasteiger partial charge in [-0.25, -0.2) is 12.8 Å². The predicted octanol–water partition coefficient (Wildman–Crippen LogP) is 1.60. The van der Waals surface area contributed by atoms with Gasteiger partial charge in [0, 0.05) is 20.2 Å². The highest BCUT2D eigenvalue weighted by Crippen LogP contribution is 2.30. The highest BCUT2D eigenvalue weighted by atomic mass is 32.2. The Labute approximate surface area is 118 Å². The summed E-state index contributed by atoms with van der Waals surface area (Å²) >= 11 is 0. The van der Waals surface area contributed by atoms with Crippen LogP contribution in [0.1, 0.15) is 19.8 Å². The van der Waals surface area contributed by atoms with Crippen LogP contribution < -0.4 is 5.73 Å². The normalized spacial score (nSPS) is 24.8. The number of para-hydroxylation sites is 1. The average molecular weight is 302 g/mol. The van der Waals surface area contributed by atoms with Crippen molar-refractivity contribution in [3.8, 4) is 0 Å². The number of nitrogens with zero attached hydrogens (tertiary/aromatic N) is 1. The zero-order valence-electron chi connectivity index (χ0n) is 11.6. The Morgan fingerprint density at radius 2 is 2.15 bits per heavy atom. The number of hydrogen-bond donors (Lipinski definition) is 1. The Morgan fingerprint density at radius 1 is 1.45 bits per heavy atom. The fourth-order valence-electron chi connectivity index (χ4n) is 2.41. The Hall–Kier alpha value is -1.18. The molecule has 1 aromatic rings. The summed E-state index contributed by atoms with van der Waals surface area (Å²) in [5, 5.41) is 0. The van der Waals surface area contributed by atoms with Crippen LogP contribution in [0.4, 0.5) is 10.1 Å². The van der Waals surface area contributed by atoms with E-state index in [9.17, 15) is 12.8 Å². The monoisotopic (exact) mass is 302 g/mol. The number of sulfonamides is 1. The van der Waals surface area contributed by atoms with Crippen LogP contribution >= 0.6 is 0 Å². The van der Waals surface area contributed by atoms with Gasteiger partial charge in [-0.2, -0.15) is 4.31 Å². The summed E-state index contributed by atoms with van der Waals surface area (Å²) in [5.41, 5.74) is 4.71. The number of rotatable bonds is 3. The summed E-state index contributed by atoms with van der Waals surface area (Å²) in [6, 6.07) is 3.81. The molecular weight excluding hydrogens is 283 g/mol. The minimum Gasteiger partial charge on any atom is -0.395 e. The number of nitrogen functional groups attached to an aromatic ring is 1. The first-order chi connectivity index (χ1) is 9.30. The molecule has 1 atom stereocenters. The lowest BCUT2D eigenvalue weighted by Gasteiger charge is -2.38. The van der Waals surface area contributed by atoms with Crippen LogP contribution in [0.15, 0.2) is 23.1 Å². The second-order valence-electron chi connectivity index (χ2n) is 5.25. The van der Waals surface area contributed by atoms with Crippen LogP contribution in [0, 0.1) is 5.82 Å². The number of ether oxygens (including phenoxy) is 1. The molecule has 7 heteroatoms. The number of piperidine rings is 1. The van der Waals surface area contributed by atoms with Gasteiger partial charge >= 0.3 is 0 Å². The molecule has 1 unspecified atom stereocenters. The van der Waals surface area contributed by atoms with Gasteiger partial charge in [0.05, 0.1) is 11.3 Å². The number of methoxy groups -OCH3 is 1. The van der Waals surface area contributed by atoms with Crippen molar-refractivity contribution in [2.75, 3.05) is 25.9 Å². The van der Waals surface area contributed by atoms with Gasteiger partial charge in [0.25, 0.3) is 0 Å². The first-order valence-electron chi connectivity index (χ1n) is 6.39. The molecule has 0 aliphatic carbocycles. The molecule has 0 spiro atoms. The van der Waals surface area contributed by atoms with Crippen molar-refractivity contribution in [1.82, 2.24) is 4.31 Å². The van der Waals surface area contributed by atoms with E-state index >= 15 is 0 Å². The average Bonchev–Trinajstić information content (AvgIpc) is 2.42.